The standard InChI is InChI=1S/C19H21N5O3/c1-3-11-27-19(26)20-15-6-4-5-14(12-15)13-16-17(25)7-10-24(21-16)18-8-9-23(2)22-18/h4-10,12H,3,11,13H2,1-2H3,(H,20,26). The van der Waals surface area contributed by atoms with Gasteiger partial charge < -0.3 is 4.74 Å². The highest BCUT2D eigenvalue weighted by Gasteiger charge is 2.08. The number of nitrogens with zero attached hydrogens (tertiary/aromatic N) is 4. The minimum absolute atomic E-state index is 0.150. The molecule has 2 heterocycles. The SMILES string of the molecule is CCCOC(=O)Nc1cccc(Cc2nn(-c3ccn(C)n3)ccc2=O)c1. The predicted molar refractivity (Wildman–Crippen MR) is 101 cm³/mol. The third kappa shape index (κ3) is 4.81. The van der Waals surface area contributed by atoms with Crippen LogP contribution in [0.4, 0.5) is 10.5 Å². The number of carbonyl (C=O) groups is 1. The number of nitrogens with one attached hydrogen (secondary N) is 1. The summed E-state index contributed by atoms with van der Waals surface area (Å²) in [6.07, 6.45) is 4.00. The monoisotopic (exact) mass is 367 g/mol. The van der Waals surface area contributed by atoms with Gasteiger partial charge in [0.25, 0.3) is 0 Å². The van der Waals surface area contributed by atoms with Gasteiger partial charge in [-0.2, -0.15) is 10.2 Å². The largest absolute Gasteiger partial charge is 0.449 e. The fraction of sp³-hybridized carbons (Fsp3) is 0.263. The molecule has 0 bridgehead atoms. The van der Waals surface area contributed by atoms with E-state index in [1.165, 1.54) is 6.07 Å². The average Bonchev–Trinajstić information content (AvgIpc) is 3.08. The van der Waals surface area contributed by atoms with Crippen LogP contribution < -0.4 is 10.7 Å². The first-order valence-corrected chi connectivity index (χ1v) is 8.67. The lowest BCUT2D eigenvalue weighted by molar-refractivity contribution is 0.161. The first kappa shape index (κ1) is 18.4. The zero-order valence-electron chi connectivity index (χ0n) is 15.3. The van der Waals surface area contributed by atoms with Crippen molar-refractivity contribution < 1.29 is 9.53 Å². The predicted octanol–water partition coefficient (Wildman–Crippen LogP) is 2.52. The lowest BCUT2D eigenvalue weighted by Gasteiger charge is -2.08. The van der Waals surface area contributed by atoms with Gasteiger partial charge in [0.2, 0.25) is 5.43 Å². The Morgan fingerprint density at radius 2 is 2.04 bits per heavy atom. The zero-order chi connectivity index (χ0) is 19.2. The number of anilines is 1. The molecule has 3 rings (SSSR count). The number of amides is 1. The van der Waals surface area contributed by atoms with Crippen molar-refractivity contribution in [1.29, 1.82) is 0 Å². The van der Waals surface area contributed by atoms with Gasteiger partial charge in [-0.3, -0.25) is 14.8 Å². The maximum atomic E-state index is 12.2. The summed E-state index contributed by atoms with van der Waals surface area (Å²) in [4.78, 5) is 23.9. The summed E-state index contributed by atoms with van der Waals surface area (Å²) < 4.78 is 8.25. The van der Waals surface area contributed by atoms with Crippen LogP contribution in [0.2, 0.25) is 0 Å². The fourth-order valence-electron chi connectivity index (χ4n) is 2.52. The highest BCUT2D eigenvalue weighted by Crippen LogP contribution is 2.13. The van der Waals surface area contributed by atoms with Gasteiger partial charge in [0.1, 0.15) is 5.69 Å². The van der Waals surface area contributed by atoms with Crippen molar-refractivity contribution in [3.8, 4) is 5.82 Å². The van der Waals surface area contributed by atoms with E-state index >= 15 is 0 Å². The van der Waals surface area contributed by atoms with Crippen molar-refractivity contribution in [1.82, 2.24) is 19.6 Å². The van der Waals surface area contributed by atoms with Crippen LogP contribution in [-0.4, -0.2) is 32.3 Å². The van der Waals surface area contributed by atoms with E-state index in [0.29, 0.717) is 30.2 Å². The molecule has 140 valence electrons. The summed E-state index contributed by atoms with van der Waals surface area (Å²) in [6, 6.07) is 10.5. The van der Waals surface area contributed by atoms with E-state index in [9.17, 15) is 9.59 Å². The average molecular weight is 367 g/mol. The van der Waals surface area contributed by atoms with Crippen LogP contribution in [0.3, 0.4) is 0 Å². The molecule has 0 aliphatic rings. The van der Waals surface area contributed by atoms with Crippen LogP contribution in [0.5, 0.6) is 0 Å². The van der Waals surface area contributed by atoms with Crippen molar-refractivity contribution >= 4 is 11.8 Å². The van der Waals surface area contributed by atoms with Gasteiger partial charge in [0, 0.05) is 43.7 Å². The second-order valence-corrected chi connectivity index (χ2v) is 6.06. The number of rotatable bonds is 6. The third-order valence-corrected chi connectivity index (χ3v) is 3.80. The molecule has 0 aliphatic carbocycles. The number of benzene rings is 1. The molecule has 8 heteroatoms. The van der Waals surface area contributed by atoms with Crippen LogP contribution in [0, 0.1) is 0 Å². The van der Waals surface area contributed by atoms with Gasteiger partial charge in [0.05, 0.1) is 6.61 Å². The Labute approximate surface area is 156 Å². The number of aromatic nitrogens is 4. The van der Waals surface area contributed by atoms with Crippen LogP contribution >= 0.6 is 0 Å². The van der Waals surface area contributed by atoms with E-state index in [4.69, 9.17) is 4.74 Å². The Hall–Kier alpha value is -3.42. The van der Waals surface area contributed by atoms with Gasteiger partial charge in [0.15, 0.2) is 5.82 Å². The van der Waals surface area contributed by atoms with Crippen molar-refractivity contribution in [2.45, 2.75) is 19.8 Å². The van der Waals surface area contributed by atoms with Gasteiger partial charge in [-0.1, -0.05) is 19.1 Å². The number of ether oxygens (including phenoxy) is 1. The van der Waals surface area contributed by atoms with Crippen LogP contribution in [0.1, 0.15) is 24.6 Å². The molecular formula is C19H21N5O3. The minimum Gasteiger partial charge on any atom is -0.449 e. The summed E-state index contributed by atoms with van der Waals surface area (Å²) in [5, 5.41) is 11.4. The van der Waals surface area contributed by atoms with E-state index in [-0.39, 0.29) is 5.43 Å². The summed E-state index contributed by atoms with van der Waals surface area (Å²) in [5.41, 5.74) is 1.71. The Kier molecular flexibility index (Phi) is 5.65. The highest BCUT2D eigenvalue weighted by molar-refractivity contribution is 5.84. The molecule has 0 aliphatic heterocycles. The molecular weight excluding hydrogens is 346 g/mol. The maximum absolute atomic E-state index is 12.2. The number of hydrogen-bond acceptors (Lipinski definition) is 5. The van der Waals surface area contributed by atoms with Gasteiger partial charge in [-0.05, 0) is 24.1 Å². The molecule has 1 amide bonds. The smallest absolute Gasteiger partial charge is 0.411 e. The maximum Gasteiger partial charge on any atom is 0.411 e. The summed E-state index contributed by atoms with van der Waals surface area (Å²) >= 11 is 0. The van der Waals surface area contributed by atoms with E-state index < -0.39 is 6.09 Å². The van der Waals surface area contributed by atoms with Crippen molar-refractivity contribution in [2.24, 2.45) is 7.05 Å². The first-order chi connectivity index (χ1) is 13.0. The normalized spacial score (nSPS) is 10.6. The van der Waals surface area contributed by atoms with Crippen LogP contribution in [0.25, 0.3) is 5.82 Å². The van der Waals surface area contributed by atoms with Gasteiger partial charge in [-0.15, -0.1) is 0 Å². The molecule has 0 unspecified atom stereocenters. The fourth-order valence-corrected chi connectivity index (χ4v) is 2.52. The van der Waals surface area contributed by atoms with Gasteiger partial charge in [-0.25, -0.2) is 9.48 Å². The topological polar surface area (TPSA) is 91.0 Å². The van der Waals surface area contributed by atoms with Crippen LogP contribution in [0.15, 0.2) is 53.6 Å². The molecule has 2 aromatic heterocycles. The van der Waals surface area contributed by atoms with E-state index in [1.807, 2.05) is 38.4 Å². The van der Waals surface area contributed by atoms with Crippen molar-refractivity contribution in [3.63, 3.8) is 0 Å². The molecule has 3 aromatic rings. The molecule has 1 aromatic carbocycles. The van der Waals surface area contributed by atoms with E-state index in [0.717, 1.165) is 12.0 Å². The number of hydrogen-bond donors (Lipinski definition) is 1. The Balaban J connectivity index is 1.78. The molecule has 0 spiro atoms. The Morgan fingerprint density at radius 3 is 2.78 bits per heavy atom. The quantitative estimate of drug-likeness (QED) is 0.723. The molecule has 0 atom stereocenters. The second-order valence-electron chi connectivity index (χ2n) is 6.06. The Morgan fingerprint density at radius 1 is 1.19 bits per heavy atom. The number of carbonyl (C=O) groups excluding carboxylic acids is 1. The number of aryl methyl sites for hydroxylation is 1. The van der Waals surface area contributed by atoms with Crippen LogP contribution in [-0.2, 0) is 18.2 Å². The molecule has 27 heavy (non-hydrogen) atoms. The minimum atomic E-state index is -0.496. The Bertz CT molecular complexity index is 993. The van der Waals surface area contributed by atoms with E-state index in [1.54, 1.807) is 27.7 Å². The molecule has 8 nitrogen and oxygen atoms in total. The molecule has 0 radical (unpaired) electrons. The van der Waals surface area contributed by atoms with E-state index in [2.05, 4.69) is 15.5 Å². The molecule has 0 saturated heterocycles. The second kappa shape index (κ2) is 8.31. The first-order valence-electron chi connectivity index (χ1n) is 8.67. The molecule has 0 fully saturated rings. The summed E-state index contributed by atoms with van der Waals surface area (Å²) in [6.45, 7) is 2.30. The lowest BCUT2D eigenvalue weighted by Crippen LogP contribution is -2.17. The summed E-state index contributed by atoms with van der Waals surface area (Å²) in [7, 11) is 1.82. The molecule has 0 saturated carbocycles. The molecule has 1 N–H and O–H groups in total. The van der Waals surface area contributed by atoms with Crippen molar-refractivity contribution in [2.75, 3.05) is 11.9 Å². The zero-order valence-corrected chi connectivity index (χ0v) is 15.3. The summed E-state index contributed by atoms with van der Waals surface area (Å²) in [5.74, 6) is 0.632. The van der Waals surface area contributed by atoms with Crippen molar-refractivity contribution in [3.05, 3.63) is 70.3 Å². The lowest BCUT2D eigenvalue weighted by atomic mass is 10.1. The highest BCUT2D eigenvalue weighted by atomic mass is 16.5. The van der Waals surface area contributed by atoms with Gasteiger partial charge >= 0.3 is 6.09 Å². The third-order valence-electron chi connectivity index (χ3n) is 3.80.